The SMILES string of the molecule is CNCc1ncc(-c2ccccc2)[nH]1. The zero-order chi connectivity index (χ0) is 9.80. The highest BCUT2D eigenvalue weighted by Crippen LogP contribution is 2.15. The highest BCUT2D eigenvalue weighted by molar-refractivity contribution is 5.57. The Morgan fingerprint density at radius 2 is 2.07 bits per heavy atom. The van der Waals surface area contributed by atoms with Crippen molar-refractivity contribution in [3.63, 3.8) is 0 Å². The molecular formula is C11H13N3. The van der Waals surface area contributed by atoms with Crippen molar-refractivity contribution in [3.8, 4) is 11.3 Å². The zero-order valence-corrected chi connectivity index (χ0v) is 8.12. The molecular weight excluding hydrogens is 174 g/mol. The average molecular weight is 187 g/mol. The summed E-state index contributed by atoms with van der Waals surface area (Å²) in [5.74, 6) is 0.964. The van der Waals surface area contributed by atoms with Crippen molar-refractivity contribution in [1.29, 1.82) is 0 Å². The van der Waals surface area contributed by atoms with Crippen LogP contribution in [0.5, 0.6) is 0 Å². The lowest BCUT2D eigenvalue weighted by Crippen LogP contribution is -2.06. The maximum absolute atomic E-state index is 4.26. The summed E-state index contributed by atoms with van der Waals surface area (Å²) in [5.41, 5.74) is 2.23. The van der Waals surface area contributed by atoms with Crippen molar-refractivity contribution in [2.75, 3.05) is 7.05 Å². The Morgan fingerprint density at radius 3 is 2.79 bits per heavy atom. The average Bonchev–Trinajstić information content (AvgIpc) is 2.68. The van der Waals surface area contributed by atoms with E-state index in [9.17, 15) is 0 Å². The van der Waals surface area contributed by atoms with Crippen LogP contribution in [0.1, 0.15) is 5.82 Å². The van der Waals surface area contributed by atoms with E-state index in [1.54, 1.807) is 0 Å². The molecule has 3 heteroatoms. The number of hydrogen-bond acceptors (Lipinski definition) is 2. The number of imidazole rings is 1. The van der Waals surface area contributed by atoms with E-state index < -0.39 is 0 Å². The van der Waals surface area contributed by atoms with Gasteiger partial charge in [0.05, 0.1) is 18.4 Å². The summed E-state index contributed by atoms with van der Waals surface area (Å²) in [5, 5.41) is 3.06. The fourth-order valence-electron chi connectivity index (χ4n) is 1.38. The molecule has 2 aromatic rings. The Bertz CT molecular complexity index is 392. The topological polar surface area (TPSA) is 40.7 Å². The first-order chi connectivity index (χ1) is 6.90. The minimum atomic E-state index is 0.771. The second-order valence-electron chi connectivity index (χ2n) is 3.14. The van der Waals surface area contributed by atoms with Crippen LogP contribution in [0.3, 0.4) is 0 Å². The molecule has 0 saturated heterocycles. The molecule has 0 aliphatic rings. The van der Waals surface area contributed by atoms with E-state index in [1.807, 2.05) is 31.4 Å². The van der Waals surface area contributed by atoms with Crippen molar-refractivity contribution >= 4 is 0 Å². The number of H-pyrrole nitrogens is 1. The first-order valence-electron chi connectivity index (χ1n) is 4.64. The molecule has 0 aliphatic heterocycles. The molecule has 14 heavy (non-hydrogen) atoms. The Kier molecular flexibility index (Phi) is 2.60. The molecule has 0 amide bonds. The highest BCUT2D eigenvalue weighted by Gasteiger charge is 2.00. The Hall–Kier alpha value is -1.61. The molecule has 0 fully saturated rings. The Morgan fingerprint density at radius 1 is 1.29 bits per heavy atom. The van der Waals surface area contributed by atoms with Crippen LogP contribution in [-0.2, 0) is 6.54 Å². The van der Waals surface area contributed by atoms with Crippen LogP contribution in [0, 0.1) is 0 Å². The van der Waals surface area contributed by atoms with Gasteiger partial charge >= 0.3 is 0 Å². The van der Waals surface area contributed by atoms with E-state index in [0.717, 1.165) is 18.1 Å². The molecule has 3 nitrogen and oxygen atoms in total. The minimum absolute atomic E-state index is 0.771. The minimum Gasteiger partial charge on any atom is -0.341 e. The summed E-state index contributed by atoms with van der Waals surface area (Å²) in [6.07, 6.45) is 1.86. The molecule has 1 aromatic heterocycles. The van der Waals surface area contributed by atoms with Crippen LogP contribution in [0.25, 0.3) is 11.3 Å². The van der Waals surface area contributed by atoms with E-state index in [1.165, 1.54) is 5.56 Å². The fourth-order valence-corrected chi connectivity index (χ4v) is 1.38. The number of nitrogens with one attached hydrogen (secondary N) is 2. The summed E-state index contributed by atoms with van der Waals surface area (Å²) in [6, 6.07) is 10.2. The maximum Gasteiger partial charge on any atom is 0.120 e. The maximum atomic E-state index is 4.26. The van der Waals surface area contributed by atoms with Gasteiger partial charge in [-0.3, -0.25) is 0 Å². The van der Waals surface area contributed by atoms with Crippen LogP contribution in [0.15, 0.2) is 36.5 Å². The van der Waals surface area contributed by atoms with Gasteiger partial charge in [0.15, 0.2) is 0 Å². The summed E-state index contributed by atoms with van der Waals surface area (Å²) < 4.78 is 0. The van der Waals surface area contributed by atoms with Crippen LogP contribution in [-0.4, -0.2) is 17.0 Å². The van der Waals surface area contributed by atoms with Crippen molar-refractivity contribution in [2.45, 2.75) is 6.54 Å². The lowest BCUT2D eigenvalue weighted by Gasteiger charge is -1.96. The van der Waals surface area contributed by atoms with Gasteiger partial charge in [-0.1, -0.05) is 30.3 Å². The normalized spacial score (nSPS) is 10.4. The van der Waals surface area contributed by atoms with Crippen LogP contribution in [0.4, 0.5) is 0 Å². The summed E-state index contributed by atoms with van der Waals surface area (Å²) in [6.45, 7) is 0.771. The fraction of sp³-hybridized carbons (Fsp3) is 0.182. The van der Waals surface area contributed by atoms with Gasteiger partial charge in [0.1, 0.15) is 5.82 Å². The quantitative estimate of drug-likeness (QED) is 0.769. The van der Waals surface area contributed by atoms with E-state index in [2.05, 4.69) is 27.4 Å². The van der Waals surface area contributed by atoms with Gasteiger partial charge in [0.25, 0.3) is 0 Å². The Balaban J connectivity index is 2.25. The highest BCUT2D eigenvalue weighted by atomic mass is 15.0. The number of rotatable bonds is 3. The van der Waals surface area contributed by atoms with Gasteiger partial charge in [0, 0.05) is 0 Å². The van der Waals surface area contributed by atoms with Gasteiger partial charge in [-0.05, 0) is 12.6 Å². The number of benzene rings is 1. The molecule has 0 saturated carbocycles. The summed E-state index contributed by atoms with van der Waals surface area (Å²) >= 11 is 0. The van der Waals surface area contributed by atoms with Gasteiger partial charge in [-0.25, -0.2) is 4.98 Å². The standard InChI is InChI=1S/C11H13N3/c1-12-8-11-13-7-10(14-11)9-5-3-2-4-6-9/h2-7,12H,8H2,1H3,(H,13,14). The molecule has 72 valence electrons. The second-order valence-corrected chi connectivity index (χ2v) is 3.14. The number of aromatic amines is 1. The predicted octanol–water partition coefficient (Wildman–Crippen LogP) is 1.80. The monoisotopic (exact) mass is 187 g/mol. The third kappa shape index (κ3) is 1.83. The molecule has 0 atom stereocenters. The van der Waals surface area contributed by atoms with Crippen molar-refractivity contribution in [3.05, 3.63) is 42.4 Å². The molecule has 2 N–H and O–H groups in total. The summed E-state index contributed by atoms with van der Waals surface area (Å²) in [4.78, 5) is 7.52. The largest absolute Gasteiger partial charge is 0.341 e. The van der Waals surface area contributed by atoms with E-state index >= 15 is 0 Å². The second kappa shape index (κ2) is 4.07. The predicted molar refractivity (Wildman–Crippen MR) is 56.8 cm³/mol. The van der Waals surface area contributed by atoms with Crippen molar-refractivity contribution in [1.82, 2.24) is 15.3 Å². The van der Waals surface area contributed by atoms with Crippen LogP contribution >= 0.6 is 0 Å². The van der Waals surface area contributed by atoms with Crippen LogP contribution < -0.4 is 5.32 Å². The molecule has 0 bridgehead atoms. The smallest absolute Gasteiger partial charge is 0.120 e. The van der Waals surface area contributed by atoms with Crippen LogP contribution in [0.2, 0.25) is 0 Å². The van der Waals surface area contributed by atoms with E-state index in [-0.39, 0.29) is 0 Å². The first kappa shape index (κ1) is 8.97. The molecule has 0 unspecified atom stereocenters. The number of aromatic nitrogens is 2. The van der Waals surface area contributed by atoms with Crippen molar-refractivity contribution < 1.29 is 0 Å². The molecule has 0 radical (unpaired) electrons. The molecule has 0 aliphatic carbocycles. The third-order valence-electron chi connectivity index (χ3n) is 2.06. The van der Waals surface area contributed by atoms with Crippen molar-refractivity contribution in [2.24, 2.45) is 0 Å². The van der Waals surface area contributed by atoms with Gasteiger partial charge < -0.3 is 10.3 Å². The zero-order valence-electron chi connectivity index (χ0n) is 8.12. The first-order valence-corrected chi connectivity index (χ1v) is 4.64. The van der Waals surface area contributed by atoms with Gasteiger partial charge in [-0.2, -0.15) is 0 Å². The third-order valence-corrected chi connectivity index (χ3v) is 2.06. The lowest BCUT2D eigenvalue weighted by atomic mass is 10.2. The Labute approximate surface area is 83.2 Å². The van der Waals surface area contributed by atoms with Gasteiger partial charge in [-0.15, -0.1) is 0 Å². The van der Waals surface area contributed by atoms with E-state index in [0.29, 0.717) is 0 Å². The van der Waals surface area contributed by atoms with Gasteiger partial charge in [0.2, 0.25) is 0 Å². The summed E-state index contributed by atoms with van der Waals surface area (Å²) in [7, 11) is 1.91. The molecule has 0 spiro atoms. The number of hydrogen-bond donors (Lipinski definition) is 2. The molecule has 1 heterocycles. The number of nitrogens with zero attached hydrogens (tertiary/aromatic N) is 1. The molecule has 1 aromatic carbocycles. The molecule has 2 rings (SSSR count). The van der Waals surface area contributed by atoms with E-state index in [4.69, 9.17) is 0 Å². The lowest BCUT2D eigenvalue weighted by molar-refractivity contribution is 0.772.